The molecule has 0 aromatic rings. The minimum atomic E-state index is -0.522. The molecule has 16 heavy (non-hydrogen) atoms. The van der Waals surface area contributed by atoms with Gasteiger partial charge in [-0.1, -0.05) is 0 Å². The Morgan fingerprint density at radius 2 is 2.19 bits per heavy atom. The van der Waals surface area contributed by atoms with E-state index in [4.69, 9.17) is 9.47 Å². The Morgan fingerprint density at radius 1 is 1.50 bits per heavy atom. The van der Waals surface area contributed by atoms with E-state index in [0.29, 0.717) is 19.6 Å². The van der Waals surface area contributed by atoms with Gasteiger partial charge in [0.1, 0.15) is 11.9 Å². The monoisotopic (exact) mass is 229 g/mol. The maximum Gasteiger partial charge on any atom is 0.407 e. The Bertz CT molecular complexity index is 259. The van der Waals surface area contributed by atoms with E-state index in [1.807, 2.05) is 0 Å². The Kier molecular flexibility index (Phi) is 4.29. The second-order valence-corrected chi connectivity index (χ2v) is 4.92. The third-order valence-corrected chi connectivity index (χ3v) is 2.28. The minimum absolute atomic E-state index is 0.180. The zero-order chi connectivity index (χ0) is 12.2. The van der Waals surface area contributed by atoms with Crippen LogP contribution < -0.4 is 5.32 Å². The number of rotatable bonds is 2. The van der Waals surface area contributed by atoms with E-state index in [0.717, 1.165) is 6.29 Å². The molecule has 0 radical (unpaired) electrons. The number of amides is 1. The zero-order valence-electron chi connectivity index (χ0n) is 9.99. The molecule has 2 atom stereocenters. The molecule has 0 saturated carbocycles. The van der Waals surface area contributed by atoms with Crippen LogP contribution in [-0.4, -0.2) is 37.2 Å². The summed E-state index contributed by atoms with van der Waals surface area (Å²) in [6.45, 7) is 6.32. The van der Waals surface area contributed by atoms with Crippen molar-refractivity contribution in [2.24, 2.45) is 5.92 Å². The smallest absolute Gasteiger partial charge is 0.407 e. The number of nitrogens with one attached hydrogen (secondary N) is 1. The van der Waals surface area contributed by atoms with Crippen LogP contribution in [0.4, 0.5) is 4.79 Å². The van der Waals surface area contributed by atoms with Crippen LogP contribution in [0.5, 0.6) is 0 Å². The number of ether oxygens (including phenoxy) is 2. The van der Waals surface area contributed by atoms with Gasteiger partial charge in [0.25, 0.3) is 0 Å². The molecule has 0 spiro atoms. The van der Waals surface area contributed by atoms with E-state index in [-0.39, 0.29) is 12.0 Å². The Morgan fingerprint density at radius 3 is 2.75 bits per heavy atom. The van der Waals surface area contributed by atoms with E-state index in [1.165, 1.54) is 0 Å². The van der Waals surface area contributed by atoms with Crippen LogP contribution in [0, 0.1) is 5.92 Å². The highest BCUT2D eigenvalue weighted by Gasteiger charge is 2.28. The maximum absolute atomic E-state index is 11.5. The number of alkyl carbamates (subject to hydrolysis) is 1. The fourth-order valence-electron chi connectivity index (χ4n) is 1.53. The van der Waals surface area contributed by atoms with Crippen LogP contribution in [0.1, 0.15) is 27.2 Å². The summed E-state index contributed by atoms with van der Waals surface area (Å²) >= 11 is 0. The molecule has 0 unspecified atom stereocenters. The molecule has 5 nitrogen and oxygen atoms in total. The molecule has 1 fully saturated rings. The third-order valence-electron chi connectivity index (χ3n) is 2.28. The topological polar surface area (TPSA) is 64.6 Å². The first-order valence-corrected chi connectivity index (χ1v) is 5.45. The van der Waals surface area contributed by atoms with E-state index >= 15 is 0 Å². The van der Waals surface area contributed by atoms with Gasteiger partial charge in [-0.3, -0.25) is 0 Å². The standard InChI is InChI=1S/C11H19NO4/c1-11(2,3)16-10(14)12-9-4-5-15-7-8(9)6-13/h6,8-9H,4-5,7H2,1-3H3,(H,12,14)/t8-,9+/m1/s1. The van der Waals surface area contributed by atoms with E-state index in [2.05, 4.69) is 5.32 Å². The van der Waals surface area contributed by atoms with Gasteiger partial charge >= 0.3 is 6.09 Å². The lowest BCUT2D eigenvalue weighted by Crippen LogP contribution is -2.47. The average molecular weight is 229 g/mol. The van der Waals surface area contributed by atoms with Crippen molar-refractivity contribution in [2.45, 2.75) is 38.8 Å². The molecule has 1 rings (SSSR count). The van der Waals surface area contributed by atoms with Crippen LogP contribution in [0.3, 0.4) is 0 Å². The summed E-state index contributed by atoms with van der Waals surface area (Å²) in [6, 6.07) is -0.180. The number of carbonyl (C=O) groups excluding carboxylic acids is 2. The van der Waals surface area contributed by atoms with Crippen LogP contribution in [0.15, 0.2) is 0 Å². The van der Waals surface area contributed by atoms with Crippen molar-refractivity contribution < 1.29 is 19.1 Å². The molecule has 0 aromatic carbocycles. The second kappa shape index (κ2) is 5.30. The third kappa shape index (κ3) is 4.18. The fourth-order valence-corrected chi connectivity index (χ4v) is 1.53. The van der Waals surface area contributed by atoms with Crippen molar-refractivity contribution in [3.63, 3.8) is 0 Å². The molecule has 1 amide bonds. The molecule has 0 aliphatic carbocycles. The van der Waals surface area contributed by atoms with E-state index in [1.54, 1.807) is 20.8 Å². The van der Waals surface area contributed by atoms with Gasteiger partial charge in [0.2, 0.25) is 0 Å². The SMILES string of the molecule is CC(C)(C)OC(=O)N[C@H]1CCOC[C@H]1C=O. The quantitative estimate of drug-likeness (QED) is 0.720. The first kappa shape index (κ1) is 13.0. The maximum atomic E-state index is 11.5. The summed E-state index contributed by atoms with van der Waals surface area (Å²) in [7, 11) is 0. The van der Waals surface area contributed by atoms with Crippen LogP contribution in [0.2, 0.25) is 0 Å². The van der Waals surface area contributed by atoms with Gasteiger partial charge in [0.05, 0.1) is 12.5 Å². The van der Waals surface area contributed by atoms with Crippen molar-refractivity contribution in [3.05, 3.63) is 0 Å². The highest BCUT2D eigenvalue weighted by atomic mass is 16.6. The summed E-state index contributed by atoms with van der Waals surface area (Å²) in [4.78, 5) is 22.3. The molecule has 1 saturated heterocycles. The van der Waals surface area contributed by atoms with Crippen molar-refractivity contribution >= 4 is 12.4 Å². The van der Waals surface area contributed by atoms with Crippen molar-refractivity contribution in [1.82, 2.24) is 5.32 Å². The lowest BCUT2D eigenvalue weighted by Gasteiger charge is -2.29. The lowest BCUT2D eigenvalue weighted by molar-refractivity contribution is -0.115. The minimum Gasteiger partial charge on any atom is -0.444 e. The van der Waals surface area contributed by atoms with E-state index < -0.39 is 11.7 Å². The molecule has 1 aliphatic heterocycles. The van der Waals surface area contributed by atoms with Gasteiger partial charge in [0, 0.05) is 12.6 Å². The largest absolute Gasteiger partial charge is 0.444 e. The first-order chi connectivity index (χ1) is 7.42. The van der Waals surface area contributed by atoms with E-state index in [9.17, 15) is 9.59 Å². The normalized spacial score (nSPS) is 25.9. The molecular weight excluding hydrogens is 210 g/mol. The van der Waals surface area contributed by atoms with Crippen LogP contribution >= 0.6 is 0 Å². The Hall–Kier alpha value is -1.10. The molecular formula is C11H19NO4. The predicted octanol–water partition coefficient (Wildman–Crippen LogP) is 1.12. The lowest BCUT2D eigenvalue weighted by atomic mass is 9.97. The van der Waals surface area contributed by atoms with Gasteiger partial charge in [0.15, 0.2) is 0 Å². The van der Waals surface area contributed by atoms with Crippen molar-refractivity contribution in [3.8, 4) is 0 Å². The summed E-state index contributed by atoms with van der Waals surface area (Å²) in [5.41, 5.74) is -0.522. The van der Waals surface area contributed by atoms with Gasteiger partial charge < -0.3 is 19.6 Å². The summed E-state index contributed by atoms with van der Waals surface area (Å²) in [5, 5.41) is 2.70. The van der Waals surface area contributed by atoms with Crippen molar-refractivity contribution in [1.29, 1.82) is 0 Å². The number of hydrogen-bond donors (Lipinski definition) is 1. The molecule has 1 N–H and O–H groups in total. The average Bonchev–Trinajstić information content (AvgIpc) is 2.15. The van der Waals surface area contributed by atoms with Crippen LogP contribution in [0.25, 0.3) is 0 Å². The van der Waals surface area contributed by atoms with Crippen molar-refractivity contribution in [2.75, 3.05) is 13.2 Å². The molecule has 1 aliphatic rings. The van der Waals surface area contributed by atoms with Gasteiger partial charge in [-0.2, -0.15) is 0 Å². The Labute approximate surface area is 95.5 Å². The Balaban J connectivity index is 2.45. The van der Waals surface area contributed by atoms with Gasteiger partial charge in [-0.25, -0.2) is 4.79 Å². The van der Waals surface area contributed by atoms with Gasteiger partial charge in [-0.15, -0.1) is 0 Å². The van der Waals surface area contributed by atoms with Gasteiger partial charge in [-0.05, 0) is 27.2 Å². The highest BCUT2D eigenvalue weighted by Crippen LogP contribution is 2.14. The predicted molar refractivity (Wildman–Crippen MR) is 58.1 cm³/mol. The van der Waals surface area contributed by atoms with Crippen LogP contribution in [-0.2, 0) is 14.3 Å². The molecule has 5 heteroatoms. The fraction of sp³-hybridized carbons (Fsp3) is 0.818. The number of aldehydes is 1. The molecule has 0 aromatic heterocycles. The summed E-state index contributed by atoms with van der Waals surface area (Å²) < 4.78 is 10.3. The molecule has 92 valence electrons. The number of hydrogen-bond acceptors (Lipinski definition) is 4. The first-order valence-electron chi connectivity index (χ1n) is 5.45. The molecule has 0 bridgehead atoms. The summed E-state index contributed by atoms with van der Waals surface area (Å²) in [5.74, 6) is -0.277. The zero-order valence-corrected chi connectivity index (χ0v) is 9.99. The second-order valence-electron chi connectivity index (χ2n) is 4.92. The summed E-state index contributed by atoms with van der Waals surface area (Å²) in [6.07, 6.45) is 0.982. The molecule has 1 heterocycles. The highest BCUT2D eigenvalue weighted by molar-refractivity contribution is 5.69. The number of carbonyl (C=O) groups is 2.